The van der Waals surface area contributed by atoms with E-state index in [1.54, 1.807) is 18.5 Å². The highest BCUT2D eigenvalue weighted by molar-refractivity contribution is 5.97. The van der Waals surface area contributed by atoms with Crippen molar-refractivity contribution in [1.82, 2.24) is 15.3 Å². The summed E-state index contributed by atoms with van der Waals surface area (Å²) in [4.78, 5) is 19.4. The van der Waals surface area contributed by atoms with Crippen LogP contribution in [-0.4, -0.2) is 33.6 Å². The molecule has 3 N–H and O–H groups in total. The van der Waals surface area contributed by atoms with Crippen molar-refractivity contribution < 1.29 is 9.90 Å². The zero-order valence-corrected chi connectivity index (χ0v) is 12.1. The molecule has 1 amide bonds. The first kappa shape index (κ1) is 14.5. The van der Waals surface area contributed by atoms with E-state index in [9.17, 15) is 4.79 Å². The van der Waals surface area contributed by atoms with Crippen molar-refractivity contribution in [2.45, 2.75) is 33.2 Å². The van der Waals surface area contributed by atoms with E-state index in [0.29, 0.717) is 12.0 Å². The molecule has 0 aliphatic rings. The summed E-state index contributed by atoms with van der Waals surface area (Å²) in [6.07, 6.45) is 2.15. The molecule has 0 bridgehead atoms. The number of imidazole rings is 1. The molecule has 5 heteroatoms. The van der Waals surface area contributed by atoms with Gasteiger partial charge in [-0.3, -0.25) is 4.79 Å². The van der Waals surface area contributed by atoms with Gasteiger partial charge in [-0.25, -0.2) is 4.98 Å². The van der Waals surface area contributed by atoms with E-state index in [2.05, 4.69) is 15.3 Å². The van der Waals surface area contributed by atoms with Crippen molar-refractivity contribution in [3.05, 3.63) is 30.1 Å². The number of aliphatic hydroxyl groups excluding tert-OH is 1. The number of fused-ring (bicyclic) bond motifs is 1. The molecule has 0 fully saturated rings. The summed E-state index contributed by atoms with van der Waals surface area (Å²) in [6.45, 7) is 6.20. The second-order valence-electron chi connectivity index (χ2n) is 6.04. The van der Waals surface area contributed by atoms with Gasteiger partial charge in [-0.2, -0.15) is 0 Å². The van der Waals surface area contributed by atoms with Gasteiger partial charge in [0.1, 0.15) is 0 Å². The Morgan fingerprint density at radius 3 is 2.85 bits per heavy atom. The fourth-order valence-corrected chi connectivity index (χ4v) is 2.17. The molecule has 0 saturated heterocycles. The van der Waals surface area contributed by atoms with Crippen molar-refractivity contribution in [1.29, 1.82) is 0 Å². The average Bonchev–Trinajstić information content (AvgIpc) is 2.84. The third-order valence-corrected chi connectivity index (χ3v) is 3.45. The maximum absolute atomic E-state index is 12.3. The van der Waals surface area contributed by atoms with Gasteiger partial charge in [0.2, 0.25) is 0 Å². The molecular formula is C15H21N3O2. The lowest BCUT2D eigenvalue weighted by Crippen LogP contribution is -2.44. The van der Waals surface area contributed by atoms with Crippen molar-refractivity contribution in [3.63, 3.8) is 0 Å². The lowest BCUT2D eigenvalue weighted by Gasteiger charge is -2.31. The molecule has 0 aliphatic heterocycles. The van der Waals surface area contributed by atoms with Crippen molar-refractivity contribution in [2.24, 2.45) is 5.41 Å². The molecule has 2 rings (SSSR count). The Morgan fingerprint density at radius 2 is 2.20 bits per heavy atom. The highest BCUT2D eigenvalue weighted by Crippen LogP contribution is 2.22. The molecule has 5 nitrogen and oxygen atoms in total. The third-order valence-electron chi connectivity index (χ3n) is 3.45. The monoisotopic (exact) mass is 275 g/mol. The SMILES string of the molecule is CC(C)(C)C(CCO)NC(=O)c1ccc2nc[nH]c2c1. The molecular weight excluding hydrogens is 254 g/mol. The van der Waals surface area contributed by atoms with Gasteiger partial charge in [0.05, 0.1) is 17.4 Å². The minimum atomic E-state index is -0.130. The smallest absolute Gasteiger partial charge is 0.251 e. The Hall–Kier alpha value is -1.88. The number of benzene rings is 1. The van der Waals surface area contributed by atoms with Crippen LogP contribution in [0.3, 0.4) is 0 Å². The summed E-state index contributed by atoms with van der Waals surface area (Å²) in [7, 11) is 0. The molecule has 0 saturated carbocycles. The normalized spacial score (nSPS) is 13.4. The zero-order valence-electron chi connectivity index (χ0n) is 12.1. The second-order valence-corrected chi connectivity index (χ2v) is 6.04. The first-order valence-electron chi connectivity index (χ1n) is 6.76. The summed E-state index contributed by atoms with van der Waals surface area (Å²) in [5.41, 5.74) is 2.17. The number of rotatable bonds is 4. The lowest BCUT2D eigenvalue weighted by atomic mass is 9.84. The van der Waals surface area contributed by atoms with E-state index in [0.717, 1.165) is 11.0 Å². The Balaban J connectivity index is 2.17. The van der Waals surface area contributed by atoms with Gasteiger partial charge >= 0.3 is 0 Å². The number of aromatic nitrogens is 2. The molecule has 0 aliphatic carbocycles. The van der Waals surface area contributed by atoms with E-state index in [1.165, 1.54) is 0 Å². The number of aromatic amines is 1. The molecule has 108 valence electrons. The molecule has 20 heavy (non-hydrogen) atoms. The first-order chi connectivity index (χ1) is 9.41. The van der Waals surface area contributed by atoms with Gasteiger partial charge in [-0.15, -0.1) is 0 Å². The minimum Gasteiger partial charge on any atom is -0.396 e. The van der Waals surface area contributed by atoms with Crippen LogP contribution in [-0.2, 0) is 0 Å². The van der Waals surface area contributed by atoms with Crippen molar-refractivity contribution in [2.75, 3.05) is 6.61 Å². The van der Waals surface area contributed by atoms with Crippen LogP contribution in [0.4, 0.5) is 0 Å². The van der Waals surface area contributed by atoms with Crippen LogP contribution >= 0.6 is 0 Å². The summed E-state index contributed by atoms with van der Waals surface area (Å²) in [5, 5.41) is 12.1. The zero-order chi connectivity index (χ0) is 14.8. The van der Waals surface area contributed by atoms with Crippen LogP contribution in [0.15, 0.2) is 24.5 Å². The largest absolute Gasteiger partial charge is 0.396 e. The number of hydrogen-bond acceptors (Lipinski definition) is 3. The van der Waals surface area contributed by atoms with E-state index >= 15 is 0 Å². The molecule has 1 aromatic heterocycles. The predicted octanol–water partition coefficient (Wildman–Crippen LogP) is 2.09. The van der Waals surface area contributed by atoms with Crippen LogP contribution in [0.25, 0.3) is 11.0 Å². The maximum atomic E-state index is 12.3. The summed E-state index contributed by atoms with van der Waals surface area (Å²) in [6, 6.07) is 5.30. The van der Waals surface area contributed by atoms with E-state index in [1.807, 2.05) is 26.8 Å². The van der Waals surface area contributed by atoms with Crippen LogP contribution in [0.1, 0.15) is 37.6 Å². The number of carbonyl (C=O) groups excluding carboxylic acids is 1. The number of nitrogens with one attached hydrogen (secondary N) is 2. The standard InChI is InChI=1S/C15H21N3O2/c1-15(2,3)13(6-7-19)18-14(20)10-4-5-11-12(8-10)17-9-16-11/h4-5,8-9,13,19H,6-7H2,1-3H3,(H,16,17)(H,18,20). The van der Waals surface area contributed by atoms with Crippen LogP contribution in [0, 0.1) is 5.41 Å². The fraction of sp³-hybridized carbons (Fsp3) is 0.467. The molecule has 1 unspecified atom stereocenters. The summed E-state index contributed by atoms with van der Waals surface area (Å²) >= 11 is 0. The van der Waals surface area contributed by atoms with E-state index in [-0.39, 0.29) is 24.0 Å². The average molecular weight is 275 g/mol. The predicted molar refractivity (Wildman–Crippen MR) is 78.5 cm³/mol. The fourth-order valence-electron chi connectivity index (χ4n) is 2.17. The molecule has 0 spiro atoms. The molecule has 1 atom stereocenters. The van der Waals surface area contributed by atoms with Gasteiger partial charge in [0, 0.05) is 18.2 Å². The Bertz CT molecular complexity index is 598. The molecule has 1 heterocycles. The van der Waals surface area contributed by atoms with Crippen molar-refractivity contribution >= 4 is 16.9 Å². The van der Waals surface area contributed by atoms with E-state index < -0.39 is 0 Å². The Kier molecular flexibility index (Phi) is 4.09. The number of carbonyl (C=O) groups is 1. The quantitative estimate of drug-likeness (QED) is 0.799. The number of nitrogens with zero attached hydrogens (tertiary/aromatic N) is 1. The molecule has 0 radical (unpaired) electrons. The maximum Gasteiger partial charge on any atom is 0.251 e. The number of amides is 1. The highest BCUT2D eigenvalue weighted by atomic mass is 16.3. The van der Waals surface area contributed by atoms with Crippen LogP contribution < -0.4 is 5.32 Å². The molecule has 1 aromatic carbocycles. The van der Waals surface area contributed by atoms with Gasteiger partial charge in [-0.1, -0.05) is 20.8 Å². The van der Waals surface area contributed by atoms with Crippen LogP contribution in [0.5, 0.6) is 0 Å². The lowest BCUT2D eigenvalue weighted by molar-refractivity contribution is 0.0885. The van der Waals surface area contributed by atoms with Crippen LogP contribution in [0.2, 0.25) is 0 Å². The van der Waals surface area contributed by atoms with E-state index in [4.69, 9.17) is 5.11 Å². The number of hydrogen-bond donors (Lipinski definition) is 3. The highest BCUT2D eigenvalue weighted by Gasteiger charge is 2.26. The number of aliphatic hydroxyl groups is 1. The number of H-pyrrole nitrogens is 1. The summed E-state index contributed by atoms with van der Waals surface area (Å²) in [5.74, 6) is -0.130. The van der Waals surface area contributed by atoms with Gasteiger partial charge in [0.15, 0.2) is 0 Å². The topological polar surface area (TPSA) is 78.0 Å². The summed E-state index contributed by atoms with van der Waals surface area (Å²) < 4.78 is 0. The van der Waals surface area contributed by atoms with Crippen molar-refractivity contribution in [3.8, 4) is 0 Å². The molecule has 2 aromatic rings. The second kappa shape index (κ2) is 5.63. The van der Waals surface area contributed by atoms with Gasteiger partial charge in [-0.05, 0) is 30.0 Å². The Labute approximate surface area is 118 Å². The van der Waals surface area contributed by atoms with Gasteiger partial charge in [0.25, 0.3) is 5.91 Å². The Morgan fingerprint density at radius 1 is 1.45 bits per heavy atom. The third kappa shape index (κ3) is 3.17. The minimum absolute atomic E-state index is 0.0573. The van der Waals surface area contributed by atoms with Gasteiger partial charge < -0.3 is 15.4 Å². The first-order valence-corrected chi connectivity index (χ1v) is 6.76.